The van der Waals surface area contributed by atoms with Gasteiger partial charge in [0.05, 0.1) is 29.5 Å². The molecule has 0 saturated carbocycles. The van der Waals surface area contributed by atoms with Gasteiger partial charge in [0.2, 0.25) is 17.7 Å². The Bertz CT molecular complexity index is 3670. The lowest BCUT2D eigenvalue weighted by Crippen LogP contribution is -2.50. The molecule has 5 amide bonds. The van der Waals surface area contributed by atoms with Crippen LogP contribution in [0.1, 0.15) is 109 Å². The van der Waals surface area contributed by atoms with Gasteiger partial charge in [0.1, 0.15) is 24.8 Å². The molecule has 542 valence electrons. The number of piperidine rings is 2. The Morgan fingerprint density at radius 2 is 1.27 bits per heavy atom. The van der Waals surface area contributed by atoms with Crippen molar-refractivity contribution >= 4 is 84.0 Å². The highest BCUT2D eigenvalue weighted by molar-refractivity contribution is 5.96. The van der Waals surface area contributed by atoms with Crippen molar-refractivity contribution in [3.8, 4) is 11.1 Å². The highest BCUT2D eigenvalue weighted by Crippen LogP contribution is 2.49. The lowest BCUT2D eigenvalue weighted by Gasteiger charge is -2.44. The number of halogens is 10. The molecule has 6 aromatic carbocycles. The minimum absolute atomic E-state index is 0. The lowest BCUT2D eigenvalue weighted by molar-refractivity contribution is -0.143. The van der Waals surface area contributed by atoms with Crippen LogP contribution in [-0.4, -0.2) is 171 Å². The average Bonchev–Trinajstić information content (AvgIpc) is 1.58. The number of carboxylic acid groups (broad SMARTS) is 1. The number of nitrogens with zero attached hydrogens (tertiary/aromatic N) is 7. The van der Waals surface area contributed by atoms with Crippen molar-refractivity contribution in [3.05, 3.63) is 185 Å². The van der Waals surface area contributed by atoms with Gasteiger partial charge in [-0.25, -0.2) is 9.18 Å². The number of fused-ring (bicyclic) bond motifs is 2. The molecular formula is C74H88Cl3F7N8O8. The topological polar surface area (TPSA) is 159 Å². The predicted molar refractivity (Wildman–Crippen MR) is 378 cm³/mol. The first-order valence-corrected chi connectivity index (χ1v) is 33.3. The summed E-state index contributed by atoms with van der Waals surface area (Å²) >= 11 is 0. The smallest absolute Gasteiger partial charge is 0.416 e. The molecule has 2 N–H and O–H groups in total. The molecule has 16 nitrogen and oxygen atoms in total. The van der Waals surface area contributed by atoms with E-state index in [0.717, 1.165) is 84.0 Å². The quantitative estimate of drug-likeness (QED) is 0.0393. The summed E-state index contributed by atoms with van der Waals surface area (Å²) in [4.78, 5) is 78.6. The molecule has 10 rings (SSSR count). The maximum atomic E-state index is 14.2. The fraction of sp³-hybridized carbons (Fsp3) is 0.446. The van der Waals surface area contributed by atoms with Gasteiger partial charge in [0, 0.05) is 114 Å². The van der Waals surface area contributed by atoms with Crippen molar-refractivity contribution in [2.75, 3.05) is 115 Å². The van der Waals surface area contributed by atoms with Crippen molar-refractivity contribution in [3.63, 3.8) is 0 Å². The number of amides is 5. The van der Waals surface area contributed by atoms with E-state index in [9.17, 15) is 59.8 Å². The van der Waals surface area contributed by atoms with Gasteiger partial charge in [-0.1, -0.05) is 91.3 Å². The molecule has 6 aromatic rings. The summed E-state index contributed by atoms with van der Waals surface area (Å²) in [6, 6.07) is 39.3. The van der Waals surface area contributed by atoms with Crippen LogP contribution < -0.4 is 15.1 Å². The number of unbranched alkanes of at least 4 members (excludes halogenated alkanes) is 2. The van der Waals surface area contributed by atoms with Gasteiger partial charge in [-0.15, -0.1) is 37.2 Å². The van der Waals surface area contributed by atoms with Gasteiger partial charge in [-0.2, -0.15) is 26.3 Å². The van der Waals surface area contributed by atoms with E-state index in [4.69, 9.17) is 9.47 Å². The number of nitrogens with one attached hydrogen (secondary N) is 1. The Morgan fingerprint density at radius 1 is 0.660 bits per heavy atom. The number of benzene rings is 6. The zero-order chi connectivity index (χ0) is 69.1. The maximum Gasteiger partial charge on any atom is 0.416 e. The first kappa shape index (κ1) is 79.8. The van der Waals surface area contributed by atoms with Gasteiger partial charge in [0.15, 0.2) is 0 Å². The zero-order valence-corrected chi connectivity index (χ0v) is 58.7. The van der Waals surface area contributed by atoms with Crippen molar-refractivity contribution in [1.82, 2.24) is 24.5 Å². The second-order valence-corrected chi connectivity index (χ2v) is 26.1. The summed E-state index contributed by atoms with van der Waals surface area (Å²) in [7, 11) is 5.26. The molecule has 4 aliphatic rings. The van der Waals surface area contributed by atoms with E-state index in [1.54, 1.807) is 28.8 Å². The third-order valence-electron chi connectivity index (χ3n) is 19.9. The molecule has 0 aromatic heterocycles. The molecule has 0 unspecified atom stereocenters. The minimum atomic E-state index is -5.15. The Morgan fingerprint density at radius 3 is 1.93 bits per heavy atom. The number of alkyl halides is 6. The van der Waals surface area contributed by atoms with E-state index < -0.39 is 64.6 Å². The van der Waals surface area contributed by atoms with Crippen molar-refractivity contribution in [2.24, 2.45) is 0 Å². The number of likely N-dealkylation sites (N-methyl/N-ethyl adjacent to an activating group) is 2. The van der Waals surface area contributed by atoms with Crippen LogP contribution >= 0.6 is 37.2 Å². The van der Waals surface area contributed by atoms with Gasteiger partial charge < -0.3 is 49.3 Å². The zero-order valence-electron chi connectivity index (χ0n) is 56.3. The molecule has 2 atom stereocenters. The Hall–Kier alpha value is -7.51. The summed E-state index contributed by atoms with van der Waals surface area (Å²) in [5, 5.41) is 13.8. The van der Waals surface area contributed by atoms with Crippen molar-refractivity contribution in [1.29, 1.82) is 0 Å². The second-order valence-electron chi connectivity index (χ2n) is 26.1. The minimum Gasteiger partial charge on any atom is -0.465 e. The molecular weight excluding hydrogens is 1370 g/mol. The molecule has 26 heteroatoms. The second kappa shape index (κ2) is 35.4. The van der Waals surface area contributed by atoms with Crippen LogP contribution in [0.25, 0.3) is 11.1 Å². The van der Waals surface area contributed by atoms with Gasteiger partial charge in [-0.3, -0.25) is 24.1 Å². The maximum absolute atomic E-state index is 14.2. The normalized spacial score (nSPS) is 17.7. The molecule has 100 heavy (non-hydrogen) atoms. The summed E-state index contributed by atoms with van der Waals surface area (Å²) in [5.74, 6) is -1.82. The molecule has 3 fully saturated rings. The number of hydrogen-bond donors (Lipinski definition) is 2. The third-order valence-corrected chi connectivity index (χ3v) is 19.9. The molecule has 3 aliphatic heterocycles. The Balaban J connectivity index is 0.00000468. The van der Waals surface area contributed by atoms with E-state index in [1.165, 1.54) is 29.2 Å². The number of rotatable bonds is 26. The molecule has 3 saturated heterocycles. The van der Waals surface area contributed by atoms with E-state index >= 15 is 0 Å². The summed E-state index contributed by atoms with van der Waals surface area (Å²) in [5.41, 5.74) is 1.28. The Labute approximate surface area is 598 Å². The largest absolute Gasteiger partial charge is 0.465 e. The van der Waals surface area contributed by atoms with E-state index in [1.807, 2.05) is 98.0 Å². The van der Waals surface area contributed by atoms with Crippen LogP contribution in [0.2, 0.25) is 0 Å². The van der Waals surface area contributed by atoms with Gasteiger partial charge >= 0.3 is 18.4 Å². The fourth-order valence-corrected chi connectivity index (χ4v) is 14.1. The average molecular weight is 1460 g/mol. The summed E-state index contributed by atoms with van der Waals surface area (Å²) in [6.07, 6.45) is -4.35. The number of carbonyl (C=O) groups is 5. The van der Waals surface area contributed by atoms with Gasteiger partial charge in [-0.05, 0) is 154 Å². The standard InChI is InChI=1S/C74H85F7N8O8.3ClH/c1-83(37-14-22-67(91)85(3)60-29-27-59(28-30-60)82-36-13-5-8-21-66(90)84(2)43-44-86-38-31-61(32-39-86)89(70(94)95)64-20-12-10-18-62(64)52-15-6-4-7-16-52)68(92)49-96-65-47-53-17-9-11-19-63(53)71(65)33-40-87(41-34-71)42-35-72(55-23-25-58(75)26-24-55)50-88(51-97-72)69(93)54-45-56(73(76,77)78)48-57(46-54)74(79,80)81;;;/h4,6-7,9-12,15-20,23-30,45-46,48,61,65,82H,5,8,13-14,21-22,31-44,47,49-51H2,1-3H3,(H,94,95);3*1H/t65-,72-;;;/m0.../s1. The van der Waals surface area contributed by atoms with Crippen LogP contribution in [0, 0.1) is 5.82 Å². The fourth-order valence-electron chi connectivity index (χ4n) is 14.1. The van der Waals surface area contributed by atoms with Crippen LogP contribution in [0.3, 0.4) is 0 Å². The summed E-state index contributed by atoms with van der Waals surface area (Å²) < 4.78 is 110. The van der Waals surface area contributed by atoms with Crippen molar-refractivity contribution < 1.29 is 69.3 Å². The monoisotopic (exact) mass is 1450 g/mol. The number of carbonyl (C=O) groups excluding carboxylic acids is 4. The predicted octanol–water partition coefficient (Wildman–Crippen LogP) is 14.5. The van der Waals surface area contributed by atoms with Crippen LogP contribution in [0.15, 0.2) is 146 Å². The molecule has 0 radical (unpaired) electrons. The van der Waals surface area contributed by atoms with E-state index in [0.29, 0.717) is 101 Å². The number of hydrogen-bond acceptors (Lipinski definition) is 10. The first-order valence-electron chi connectivity index (χ1n) is 33.3. The SMILES string of the molecule is CN(CCN1CCC(N(C(=O)O)c2ccccc2-c2ccccc2)CC1)C(=O)CCCCCNc1ccc(N(C)C(=O)CCCN(C)C(=O)CO[C@H]2Cc3ccccc3C23CCN(CC[C@@]2(c4ccc(F)cc4)CN(C(=O)c4cc(C(F)(F)F)cc(C(F)(F)F)c4)CO2)CC3)cc1.Cl.Cl.Cl. The highest BCUT2D eigenvalue weighted by atomic mass is 35.5. The van der Waals surface area contributed by atoms with Crippen molar-refractivity contribution in [2.45, 2.75) is 113 Å². The molecule has 1 aliphatic carbocycles. The van der Waals surface area contributed by atoms with E-state index in [-0.39, 0.29) is 99.1 Å². The first-order chi connectivity index (χ1) is 46.4. The highest BCUT2D eigenvalue weighted by Gasteiger charge is 2.50. The third kappa shape index (κ3) is 19.6. The molecule has 0 bridgehead atoms. The summed E-state index contributed by atoms with van der Waals surface area (Å²) in [6.45, 7) is 4.69. The van der Waals surface area contributed by atoms with Crippen LogP contribution in [-0.2, 0) is 53.6 Å². The number of likely N-dealkylation sites (tertiary alicyclic amines) is 2. The lowest BCUT2D eigenvalue weighted by atomic mass is 9.72. The van der Waals surface area contributed by atoms with E-state index in [2.05, 4.69) is 27.2 Å². The molecule has 1 spiro atoms. The Kier molecular flexibility index (Phi) is 28.2. The number of anilines is 3. The van der Waals surface area contributed by atoms with Crippen LogP contribution in [0.5, 0.6) is 0 Å². The van der Waals surface area contributed by atoms with Crippen LogP contribution in [0.4, 0.5) is 52.6 Å². The molecule has 3 heterocycles. The number of para-hydroxylation sites is 1. The van der Waals surface area contributed by atoms with Gasteiger partial charge in [0.25, 0.3) is 5.91 Å². The number of ether oxygens (including phenoxy) is 2.